The van der Waals surface area contributed by atoms with Crippen LogP contribution in [0.25, 0.3) is 0 Å². The first-order chi connectivity index (χ1) is 8.75. The van der Waals surface area contributed by atoms with Crippen LogP contribution in [0.3, 0.4) is 0 Å². The van der Waals surface area contributed by atoms with E-state index < -0.39 is 4.92 Å². The van der Waals surface area contributed by atoms with Crippen LogP contribution in [-0.4, -0.2) is 22.7 Å². The van der Waals surface area contributed by atoms with Crippen LogP contribution in [0.1, 0.15) is 32.8 Å². The van der Waals surface area contributed by atoms with Crippen LogP contribution in [0.2, 0.25) is 0 Å². The van der Waals surface area contributed by atoms with Gasteiger partial charge in [-0.1, -0.05) is 20.8 Å². The number of nitrogens with zero attached hydrogens (tertiary/aromatic N) is 1. The van der Waals surface area contributed by atoms with E-state index in [0.29, 0.717) is 6.42 Å². The Bertz CT molecular complexity index is 452. The summed E-state index contributed by atoms with van der Waals surface area (Å²) in [7, 11) is 0. The number of benzene rings is 1. The predicted molar refractivity (Wildman–Crippen MR) is 76.4 cm³/mol. The van der Waals surface area contributed by atoms with Crippen LogP contribution in [-0.2, 0) is 0 Å². The molecular formula is C14H22N2O3. The number of aliphatic hydroxyl groups is 1. The smallest absolute Gasteiger partial charge is 0.269 e. The molecule has 0 fully saturated rings. The topological polar surface area (TPSA) is 75.4 Å². The fourth-order valence-electron chi connectivity index (χ4n) is 1.96. The number of aliphatic hydroxyl groups excluding tert-OH is 1. The second-order valence-electron chi connectivity index (χ2n) is 5.83. The summed E-state index contributed by atoms with van der Waals surface area (Å²) in [5.41, 5.74) is 1.80. The molecule has 2 N–H and O–H groups in total. The summed E-state index contributed by atoms with van der Waals surface area (Å²) < 4.78 is 0. The van der Waals surface area contributed by atoms with Crippen molar-refractivity contribution < 1.29 is 10.0 Å². The van der Waals surface area contributed by atoms with Crippen LogP contribution in [0.5, 0.6) is 0 Å². The Hall–Kier alpha value is -1.62. The van der Waals surface area contributed by atoms with E-state index in [4.69, 9.17) is 5.11 Å². The highest BCUT2D eigenvalue weighted by Crippen LogP contribution is 2.28. The van der Waals surface area contributed by atoms with E-state index in [2.05, 4.69) is 26.1 Å². The van der Waals surface area contributed by atoms with E-state index >= 15 is 0 Å². The second kappa shape index (κ2) is 6.02. The van der Waals surface area contributed by atoms with Crippen molar-refractivity contribution in [2.75, 3.05) is 11.9 Å². The lowest BCUT2D eigenvalue weighted by Crippen LogP contribution is -2.35. The van der Waals surface area contributed by atoms with Gasteiger partial charge in [-0.15, -0.1) is 0 Å². The van der Waals surface area contributed by atoms with Crippen LogP contribution in [0, 0.1) is 22.5 Å². The molecule has 0 heterocycles. The maximum atomic E-state index is 10.7. The van der Waals surface area contributed by atoms with E-state index in [1.165, 1.54) is 6.07 Å². The van der Waals surface area contributed by atoms with Gasteiger partial charge in [-0.2, -0.15) is 0 Å². The normalized spacial score (nSPS) is 13.1. The SMILES string of the molecule is Cc1cc([N+](=O)[O-])ccc1NC(CCO)C(C)(C)C. The highest BCUT2D eigenvalue weighted by Gasteiger charge is 2.24. The summed E-state index contributed by atoms with van der Waals surface area (Å²) in [6.07, 6.45) is 0.639. The van der Waals surface area contributed by atoms with Gasteiger partial charge in [0.1, 0.15) is 0 Å². The van der Waals surface area contributed by atoms with Crippen molar-refractivity contribution in [1.29, 1.82) is 0 Å². The second-order valence-corrected chi connectivity index (χ2v) is 5.83. The first kappa shape index (κ1) is 15.4. The zero-order valence-corrected chi connectivity index (χ0v) is 11.9. The molecule has 106 valence electrons. The first-order valence-electron chi connectivity index (χ1n) is 6.38. The van der Waals surface area contributed by atoms with Crippen molar-refractivity contribution >= 4 is 11.4 Å². The predicted octanol–water partition coefficient (Wildman–Crippen LogP) is 3.11. The first-order valence-corrected chi connectivity index (χ1v) is 6.38. The van der Waals surface area contributed by atoms with Crippen molar-refractivity contribution in [1.82, 2.24) is 0 Å². The van der Waals surface area contributed by atoms with Gasteiger partial charge in [0.25, 0.3) is 5.69 Å². The number of nitro groups is 1. The molecule has 1 rings (SSSR count). The molecule has 0 aliphatic heterocycles. The van der Waals surface area contributed by atoms with E-state index in [1.54, 1.807) is 12.1 Å². The van der Waals surface area contributed by atoms with Crippen LogP contribution >= 0.6 is 0 Å². The minimum absolute atomic E-state index is 0.00303. The zero-order valence-electron chi connectivity index (χ0n) is 11.9. The van der Waals surface area contributed by atoms with E-state index in [9.17, 15) is 10.1 Å². The molecule has 0 bridgehead atoms. The van der Waals surface area contributed by atoms with Gasteiger partial charge in [-0.05, 0) is 30.4 Å². The molecule has 0 aliphatic carbocycles. The maximum Gasteiger partial charge on any atom is 0.269 e. The molecule has 0 saturated heterocycles. The molecule has 0 radical (unpaired) electrons. The van der Waals surface area contributed by atoms with Gasteiger partial charge in [0.15, 0.2) is 0 Å². The minimum atomic E-state index is -0.397. The standard InChI is InChI=1S/C14H22N2O3/c1-10-9-11(16(18)19)5-6-12(10)15-13(7-8-17)14(2,3)4/h5-6,9,13,15,17H,7-8H2,1-4H3. The van der Waals surface area contributed by atoms with Crippen molar-refractivity contribution in [3.05, 3.63) is 33.9 Å². The average molecular weight is 266 g/mol. The zero-order chi connectivity index (χ0) is 14.6. The molecule has 5 nitrogen and oxygen atoms in total. The van der Waals surface area contributed by atoms with Gasteiger partial charge in [0.05, 0.1) is 4.92 Å². The van der Waals surface area contributed by atoms with Gasteiger partial charge >= 0.3 is 0 Å². The molecule has 5 heteroatoms. The lowest BCUT2D eigenvalue weighted by molar-refractivity contribution is -0.384. The molecule has 0 aromatic heterocycles. The fourth-order valence-corrected chi connectivity index (χ4v) is 1.96. The number of aryl methyl sites for hydroxylation is 1. The van der Waals surface area contributed by atoms with Gasteiger partial charge in [-0.25, -0.2) is 0 Å². The molecule has 0 amide bonds. The number of hydrogen-bond donors (Lipinski definition) is 2. The summed E-state index contributed by atoms with van der Waals surface area (Å²) in [5, 5.41) is 23.2. The quantitative estimate of drug-likeness (QED) is 0.634. The molecule has 0 spiro atoms. The Morgan fingerprint density at radius 2 is 2.05 bits per heavy atom. The van der Waals surface area contributed by atoms with Gasteiger partial charge < -0.3 is 10.4 Å². The third kappa shape index (κ3) is 4.21. The third-order valence-electron chi connectivity index (χ3n) is 3.21. The molecule has 0 aliphatic rings. The minimum Gasteiger partial charge on any atom is -0.396 e. The van der Waals surface area contributed by atoms with E-state index in [-0.39, 0.29) is 23.8 Å². The summed E-state index contributed by atoms with van der Waals surface area (Å²) in [6.45, 7) is 8.25. The maximum absolute atomic E-state index is 10.7. The fraction of sp³-hybridized carbons (Fsp3) is 0.571. The summed E-state index contributed by atoms with van der Waals surface area (Å²) >= 11 is 0. The number of non-ortho nitro benzene ring substituents is 1. The van der Waals surface area contributed by atoms with Crippen LogP contribution < -0.4 is 5.32 Å². The van der Waals surface area contributed by atoms with Crippen molar-refractivity contribution in [2.45, 2.75) is 40.2 Å². The van der Waals surface area contributed by atoms with Gasteiger partial charge in [-0.3, -0.25) is 10.1 Å². The van der Waals surface area contributed by atoms with E-state index in [0.717, 1.165) is 11.3 Å². The Kier molecular flexibility index (Phi) is 4.89. The average Bonchev–Trinajstić information content (AvgIpc) is 2.29. The largest absolute Gasteiger partial charge is 0.396 e. The molecule has 1 atom stereocenters. The lowest BCUT2D eigenvalue weighted by Gasteiger charge is -2.32. The van der Waals surface area contributed by atoms with Gasteiger partial charge in [0.2, 0.25) is 0 Å². The number of anilines is 1. The molecule has 19 heavy (non-hydrogen) atoms. The Balaban J connectivity index is 2.94. The molecular weight excluding hydrogens is 244 g/mol. The Morgan fingerprint density at radius 1 is 1.42 bits per heavy atom. The Labute approximate surface area is 113 Å². The van der Waals surface area contributed by atoms with E-state index in [1.807, 2.05) is 6.92 Å². The summed E-state index contributed by atoms with van der Waals surface area (Å²) in [6, 6.07) is 4.89. The van der Waals surface area contributed by atoms with Crippen molar-refractivity contribution in [3.8, 4) is 0 Å². The highest BCUT2D eigenvalue weighted by molar-refractivity contribution is 5.56. The monoisotopic (exact) mass is 266 g/mol. The van der Waals surface area contributed by atoms with Crippen molar-refractivity contribution in [2.24, 2.45) is 5.41 Å². The highest BCUT2D eigenvalue weighted by atomic mass is 16.6. The van der Waals surface area contributed by atoms with Gasteiger partial charge in [0, 0.05) is 30.5 Å². The lowest BCUT2D eigenvalue weighted by atomic mass is 9.84. The molecule has 1 unspecified atom stereocenters. The van der Waals surface area contributed by atoms with Crippen LogP contribution in [0.15, 0.2) is 18.2 Å². The third-order valence-corrected chi connectivity index (χ3v) is 3.21. The number of nitrogens with one attached hydrogen (secondary N) is 1. The summed E-state index contributed by atoms with van der Waals surface area (Å²) in [4.78, 5) is 10.3. The van der Waals surface area contributed by atoms with Crippen LogP contribution in [0.4, 0.5) is 11.4 Å². The van der Waals surface area contributed by atoms with Crippen molar-refractivity contribution in [3.63, 3.8) is 0 Å². The molecule has 1 aromatic carbocycles. The number of hydrogen-bond acceptors (Lipinski definition) is 4. The Morgan fingerprint density at radius 3 is 2.47 bits per heavy atom. The number of nitro benzene ring substituents is 1. The molecule has 1 aromatic rings. The molecule has 0 saturated carbocycles. The summed E-state index contributed by atoms with van der Waals surface area (Å²) in [5.74, 6) is 0. The number of rotatable bonds is 5.